The summed E-state index contributed by atoms with van der Waals surface area (Å²) in [6.07, 6.45) is 2.80. The largest absolute Gasteiger partial charge is 0.469 e. The summed E-state index contributed by atoms with van der Waals surface area (Å²) in [5.41, 5.74) is -0.517. The molecule has 0 atom stereocenters. The highest BCUT2D eigenvalue weighted by molar-refractivity contribution is 5.68. The Balaban J connectivity index is 2.38. The molecule has 0 fully saturated rings. The Labute approximate surface area is 121 Å². The van der Waals surface area contributed by atoms with E-state index in [1.165, 1.54) is 19.2 Å². The summed E-state index contributed by atoms with van der Waals surface area (Å²) < 4.78 is 4.53. The van der Waals surface area contributed by atoms with Gasteiger partial charge in [0.15, 0.2) is 0 Å². The van der Waals surface area contributed by atoms with Gasteiger partial charge in [0.25, 0.3) is 0 Å². The number of hydrogen-bond acceptors (Lipinski definition) is 7. The zero-order chi connectivity index (χ0) is 15.7. The number of carbonyl (C=O) groups excluding carboxylic acids is 1. The molecule has 0 aliphatic heterocycles. The van der Waals surface area contributed by atoms with E-state index in [4.69, 9.17) is 5.26 Å². The molecule has 0 spiro atoms. The maximum Gasteiger partial charge on any atom is 0.305 e. The number of esters is 1. The molecule has 0 saturated heterocycles. The van der Waals surface area contributed by atoms with Crippen LogP contribution in [0.2, 0.25) is 0 Å². The molecule has 21 heavy (non-hydrogen) atoms. The van der Waals surface area contributed by atoms with Crippen LogP contribution in [0.5, 0.6) is 0 Å². The number of carbonyl (C=O) groups is 1. The fourth-order valence-corrected chi connectivity index (χ4v) is 1.67. The van der Waals surface area contributed by atoms with Crippen molar-refractivity contribution in [1.82, 2.24) is 4.98 Å². The number of nitrogens with zero attached hydrogens (tertiary/aromatic N) is 3. The number of methoxy groups -OCH3 is 1. The molecule has 0 aromatic carbocycles. The Bertz CT molecular complexity index is 554. The third kappa shape index (κ3) is 5.44. The van der Waals surface area contributed by atoms with Crippen molar-refractivity contribution < 1.29 is 14.5 Å². The molecule has 8 nitrogen and oxygen atoms in total. The first kappa shape index (κ1) is 16.4. The van der Waals surface area contributed by atoms with E-state index in [1.807, 2.05) is 0 Å². The van der Waals surface area contributed by atoms with E-state index >= 15 is 0 Å². The van der Waals surface area contributed by atoms with E-state index in [-0.39, 0.29) is 17.4 Å². The van der Waals surface area contributed by atoms with Crippen LogP contribution in [0.3, 0.4) is 0 Å². The van der Waals surface area contributed by atoms with E-state index < -0.39 is 4.92 Å². The summed E-state index contributed by atoms with van der Waals surface area (Å²) in [7, 11) is 1.36. The molecule has 0 saturated carbocycles. The number of ether oxygens (including phenoxy) is 1. The van der Waals surface area contributed by atoms with Gasteiger partial charge < -0.3 is 10.1 Å². The van der Waals surface area contributed by atoms with E-state index in [0.29, 0.717) is 18.8 Å². The number of aromatic nitrogens is 1. The zero-order valence-corrected chi connectivity index (χ0v) is 11.7. The Kier molecular flexibility index (Phi) is 6.60. The summed E-state index contributed by atoms with van der Waals surface area (Å²) in [4.78, 5) is 24.8. The molecular formula is C13H16N4O4. The van der Waals surface area contributed by atoms with Crippen LogP contribution in [0, 0.1) is 21.4 Å². The van der Waals surface area contributed by atoms with Crippen LogP contribution in [-0.4, -0.2) is 29.5 Å². The second-order valence-electron chi connectivity index (χ2n) is 4.25. The average molecular weight is 292 g/mol. The van der Waals surface area contributed by atoms with Gasteiger partial charge in [-0.25, -0.2) is 4.98 Å². The minimum Gasteiger partial charge on any atom is -0.469 e. The fraction of sp³-hybridized carbons (Fsp3) is 0.462. The van der Waals surface area contributed by atoms with Gasteiger partial charge in [0.2, 0.25) is 5.69 Å². The standard InChI is InChI=1S/C13H16N4O4/c1-21-13(18)5-3-2-4-8-15-12-7-6-11(17(19)20)10(9-14)16-12/h6-7H,2-5,8H2,1H3,(H,15,16). The Morgan fingerprint density at radius 3 is 2.86 bits per heavy atom. The summed E-state index contributed by atoms with van der Waals surface area (Å²) >= 11 is 0. The van der Waals surface area contributed by atoms with Crippen molar-refractivity contribution in [3.05, 3.63) is 27.9 Å². The molecule has 0 amide bonds. The van der Waals surface area contributed by atoms with Gasteiger partial charge in [-0.2, -0.15) is 5.26 Å². The number of anilines is 1. The van der Waals surface area contributed by atoms with Gasteiger partial charge in [-0.1, -0.05) is 6.42 Å². The SMILES string of the molecule is COC(=O)CCCCCNc1ccc([N+](=O)[O-])c(C#N)n1. The third-order valence-corrected chi connectivity index (χ3v) is 2.77. The minimum atomic E-state index is -0.637. The first-order chi connectivity index (χ1) is 10.1. The second-order valence-corrected chi connectivity index (χ2v) is 4.25. The molecule has 0 radical (unpaired) electrons. The fourth-order valence-electron chi connectivity index (χ4n) is 1.67. The highest BCUT2D eigenvalue weighted by atomic mass is 16.6. The van der Waals surface area contributed by atoms with Crippen LogP contribution in [0.1, 0.15) is 31.4 Å². The lowest BCUT2D eigenvalue weighted by Gasteiger charge is -2.05. The Morgan fingerprint density at radius 1 is 1.48 bits per heavy atom. The molecule has 8 heteroatoms. The van der Waals surface area contributed by atoms with Crippen LogP contribution in [0.25, 0.3) is 0 Å². The number of nitro groups is 1. The smallest absolute Gasteiger partial charge is 0.305 e. The van der Waals surface area contributed by atoms with Gasteiger partial charge >= 0.3 is 11.7 Å². The first-order valence-electron chi connectivity index (χ1n) is 6.44. The molecule has 1 aromatic heterocycles. The molecule has 0 aliphatic rings. The van der Waals surface area contributed by atoms with Gasteiger partial charge in [0.05, 0.1) is 12.0 Å². The van der Waals surface area contributed by atoms with Gasteiger partial charge in [-0.05, 0) is 18.9 Å². The Morgan fingerprint density at radius 2 is 2.24 bits per heavy atom. The molecule has 0 aliphatic carbocycles. The monoisotopic (exact) mass is 292 g/mol. The number of hydrogen-bond donors (Lipinski definition) is 1. The highest BCUT2D eigenvalue weighted by Crippen LogP contribution is 2.18. The number of nitrogens with one attached hydrogen (secondary N) is 1. The highest BCUT2D eigenvalue weighted by Gasteiger charge is 2.15. The lowest BCUT2D eigenvalue weighted by atomic mass is 10.2. The van der Waals surface area contributed by atoms with Crippen LogP contribution >= 0.6 is 0 Å². The third-order valence-electron chi connectivity index (χ3n) is 2.77. The van der Waals surface area contributed by atoms with Crippen LogP contribution in [0.4, 0.5) is 11.5 Å². The average Bonchev–Trinajstić information content (AvgIpc) is 2.49. The summed E-state index contributed by atoms with van der Waals surface area (Å²) in [6, 6.07) is 4.42. The summed E-state index contributed by atoms with van der Waals surface area (Å²) in [6.45, 7) is 0.608. The topological polar surface area (TPSA) is 118 Å². The van der Waals surface area contributed by atoms with Gasteiger partial charge in [0, 0.05) is 19.0 Å². The van der Waals surface area contributed by atoms with Crippen molar-refractivity contribution in [2.45, 2.75) is 25.7 Å². The van der Waals surface area contributed by atoms with Crippen LogP contribution in [-0.2, 0) is 9.53 Å². The maximum atomic E-state index is 10.9. The predicted molar refractivity (Wildman–Crippen MR) is 74.6 cm³/mol. The lowest BCUT2D eigenvalue weighted by molar-refractivity contribution is -0.385. The van der Waals surface area contributed by atoms with Crippen LogP contribution in [0.15, 0.2) is 12.1 Å². The number of pyridine rings is 1. The summed E-state index contributed by atoms with van der Waals surface area (Å²) in [5, 5.41) is 22.5. The number of nitriles is 1. The summed E-state index contributed by atoms with van der Waals surface area (Å²) in [5.74, 6) is 0.198. The van der Waals surface area contributed by atoms with Gasteiger partial charge in [-0.3, -0.25) is 14.9 Å². The molecule has 1 aromatic rings. The predicted octanol–water partition coefficient (Wildman–Crippen LogP) is 2.01. The van der Waals surface area contributed by atoms with Crippen LogP contribution < -0.4 is 5.32 Å². The quantitative estimate of drug-likeness (QED) is 0.337. The number of rotatable bonds is 8. The number of unbranched alkanes of at least 4 members (excludes halogenated alkanes) is 2. The molecular weight excluding hydrogens is 276 g/mol. The molecule has 0 unspecified atom stereocenters. The molecule has 1 rings (SSSR count). The minimum absolute atomic E-state index is 0.212. The van der Waals surface area contributed by atoms with Gasteiger partial charge in [-0.15, -0.1) is 0 Å². The molecule has 112 valence electrons. The zero-order valence-electron chi connectivity index (χ0n) is 11.7. The maximum absolute atomic E-state index is 10.9. The van der Waals surface area contributed by atoms with E-state index in [9.17, 15) is 14.9 Å². The van der Waals surface area contributed by atoms with Crippen molar-refractivity contribution in [2.24, 2.45) is 0 Å². The van der Waals surface area contributed by atoms with Crippen molar-refractivity contribution in [2.75, 3.05) is 19.0 Å². The normalized spacial score (nSPS) is 9.71. The van der Waals surface area contributed by atoms with Crippen molar-refractivity contribution >= 4 is 17.5 Å². The Hall–Kier alpha value is -2.69. The van der Waals surface area contributed by atoms with E-state index in [2.05, 4.69) is 15.0 Å². The second kappa shape index (κ2) is 8.47. The van der Waals surface area contributed by atoms with E-state index in [0.717, 1.165) is 19.3 Å². The van der Waals surface area contributed by atoms with Crippen molar-refractivity contribution in [1.29, 1.82) is 5.26 Å². The lowest BCUT2D eigenvalue weighted by Crippen LogP contribution is -2.06. The van der Waals surface area contributed by atoms with Crippen molar-refractivity contribution in [3.8, 4) is 6.07 Å². The van der Waals surface area contributed by atoms with E-state index in [1.54, 1.807) is 6.07 Å². The molecule has 1 N–H and O–H groups in total. The first-order valence-corrected chi connectivity index (χ1v) is 6.44. The molecule has 1 heterocycles. The molecule has 0 bridgehead atoms. The van der Waals surface area contributed by atoms with Gasteiger partial charge in [0.1, 0.15) is 11.9 Å². The van der Waals surface area contributed by atoms with Crippen molar-refractivity contribution in [3.63, 3.8) is 0 Å².